The second-order valence-electron chi connectivity index (χ2n) is 5.61. The Bertz CT molecular complexity index is 977. The van der Waals surface area contributed by atoms with Gasteiger partial charge in [-0.05, 0) is 40.8 Å². The number of aromatic nitrogens is 4. The first-order valence-electron chi connectivity index (χ1n) is 7.78. The average molecular weight is 405 g/mol. The number of tetrazole rings is 1. The van der Waals surface area contributed by atoms with Gasteiger partial charge < -0.3 is 10.2 Å². The lowest BCUT2D eigenvalue weighted by atomic mass is 10.1. The number of hydrogen-bond donors (Lipinski definition) is 1. The lowest BCUT2D eigenvalue weighted by Crippen LogP contribution is -2.35. The highest BCUT2D eigenvalue weighted by Crippen LogP contribution is 2.25. The fraction of sp³-hybridized carbons (Fsp3) is 0.118. The molecule has 1 aromatic heterocycles. The fourth-order valence-electron chi connectivity index (χ4n) is 2.39. The Balaban J connectivity index is 1.71. The Hall–Kier alpha value is -2.97. The molecule has 0 spiro atoms. The summed E-state index contributed by atoms with van der Waals surface area (Å²) in [5.41, 5.74) is 1.38. The van der Waals surface area contributed by atoms with Crippen LogP contribution in [-0.2, 0) is 4.79 Å². The number of carbonyl (C=O) groups excluding carboxylic acids is 2. The van der Waals surface area contributed by atoms with Crippen molar-refractivity contribution in [3.05, 3.63) is 64.4 Å². The molecule has 2 amide bonds. The van der Waals surface area contributed by atoms with Crippen molar-refractivity contribution < 1.29 is 9.59 Å². The molecule has 0 aliphatic carbocycles. The molecule has 138 valence electrons. The van der Waals surface area contributed by atoms with Crippen LogP contribution in [0.1, 0.15) is 10.4 Å². The van der Waals surface area contributed by atoms with Crippen molar-refractivity contribution in [2.75, 3.05) is 18.9 Å². The zero-order chi connectivity index (χ0) is 19.4. The van der Waals surface area contributed by atoms with E-state index in [1.165, 1.54) is 29.0 Å². The van der Waals surface area contributed by atoms with Crippen LogP contribution in [0, 0.1) is 0 Å². The summed E-state index contributed by atoms with van der Waals surface area (Å²) in [6.45, 7) is -0.150. The number of anilines is 1. The molecule has 27 heavy (non-hydrogen) atoms. The van der Waals surface area contributed by atoms with E-state index in [4.69, 9.17) is 23.2 Å². The SMILES string of the molecule is CN(CC(=O)Nc1ccc(Cl)c(Cl)c1)C(=O)c1ccccc1-n1cnnn1. The van der Waals surface area contributed by atoms with Crippen molar-refractivity contribution in [3.63, 3.8) is 0 Å². The van der Waals surface area contributed by atoms with E-state index in [2.05, 4.69) is 20.8 Å². The number of hydrogen-bond acceptors (Lipinski definition) is 5. The summed E-state index contributed by atoms with van der Waals surface area (Å²) in [5, 5.41) is 14.3. The van der Waals surface area contributed by atoms with Crippen molar-refractivity contribution in [2.45, 2.75) is 0 Å². The van der Waals surface area contributed by atoms with E-state index >= 15 is 0 Å². The van der Waals surface area contributed by atoms with Crippen LogP contribution >= 0.6 is 23.2 Å². The van der Waals surface area contributed by atoms with Gasteiger partial charge in [0, 0.05) is 12.7 Å². The van der Waals surface area contributed by atoms with Crippen LogP contribution in [0.3, 0.4) is 0 Å². The Labute approximate surface area is 164 Å². The van der Waals surface area contributed by atoms with Crippen molar-refractivity contribution >= 4 is 40.7 Å². The van der Waals surface area contributed by atoms with Crippen molar-refractivity contribution in [2.24, 2.45) is 0 Å². The molecular weight excluding hydrogens is 391 g/mol. The maximum atomic E-state index is 12.8. The van der Waals surface area contributed by atoms with Gasteiger partial charge in [0.25, 0.3) is 5.91 Å². The normalized spacial score (nSPS) is 10.5. The van der Waals surface area contributed by atoms with E-state index in [0.717, 1.165) is 0 Å². The Kier molecular flexibility index (Phi) is 5.68. The standard InChI is InChI=1S/C17H14Cl2N6O2/c1-24(9-16(26)21-11-6-7-13(18)14(19)8-11)17(27)12-4-2-3-5-15(12)25-10-20-22-23-25/h2-8,10H,9H2,1H3,(H,21,26). The summed E-state index contributed by atoms with van der Waals surface area (Å²) < 4.78 is 1.39. The predicted octanol–water partition coefficient (Wildman–Crippen LogP) is 2.68. The number of nitrogens with zero attached hydrogens (tertiary/aromatic N) is 5. The third-order valence-electron chi connectivity index (χ3n) is 3.66. The molecule has 0 unspecified atom stereocenters. The number of carbonyl (C=O) groups is 2. The summed E-state index contributed by atoms with van der Waals surface area (Å²) in [5.74, 6) is -0.713. The molecule has 3 rings (SSSR count). The molecule has 0 saturated carbocycles. The monoisotopic (exact) mass is 404 g/mol. The third-order valence-corrected chi connectivity index (χ3v) is 4.40. The van der Waals surface area contributed by atoms with Gasteiger partial charge in [0.1, 0.15) is 6.33 Å². The van der Waals surface area contributed by atoms with Crippen molar-refractivity contribution in [3.8, 4) is 5.69 Å². The Morgan fingerprint density at radius 1 is 1.15 bits per heavy atom. The van der Waals surface area contributed by atoms with E-state index in [1.807, 2.05) is 0 Å². The highest BCUT2D eigenvalue weighted by atomic mass is 35.5. The van der Waals surface area contributed by atoms with E-state index in [0.29, 0.717) is 27.0 Å². The first-order chi connectivity index (χ1) is 13.0. The molecule has 0 atom stereocenters. The average Bonchev–Trinajstić information content (AvgIpc) is 3.18. The lowest BCUT2D eigenvalue weighted by molar-refractivity contribution is -0.116. The van der Waals surface area contributed by atoms with E-state index < -0.39 is 0 Å². The molecule has 0 aliphatic heterocycles. The van der Waals surface area contributed by atoms with Crippen LogP contribution < -0.4 is 5.32 Å². The first kappa shape index (κ1) is 18.8. The number of nitrogens with one attached hydrogen (secondary N) is 1. The zero-order valence-electron chi connectivity index (χ0n) is 14.1. The van der Waals surface area contributed by atoms with Crippen molar-refractivity contribution in [1.82, 2.24) is 25.1 Å². The molecule has 0 saturated heterocycles. The minimum atomic E-state index is -0.371. The number of benzene rings is 2. The largest absolute Gasteiger partial charge is 0.332 e. The van der Waals surface area contributed by atoms with Crippen LogP contribution in [-0.4, -0.2) is 50.5 Å². The minimum absolute atomic E-state index is 0.150. The first-order valence-corrected chi connectivity index (χ1v) is 8.54. The van der Waals surface area contributed by atoms with Crippen LogP contribution in [0.5, 0.6) is 0 Å². The number of halogens is 2. The predicted molar refractivity (Wildman–Crippen MR) is 101 cm³/mol. The summed E-state index contributed by atoms with van der Waals surface area (Å²) in [6.07, 6.45) is 1.39. The molecule has 8 nitrogen and oxygen atoms in total. The molecule has 1 N–H and O–H groups in total. The van der Waals surface area contributed by atoms with Gasteiger partial charge in [-0.1, -0.05) is 35.3 Å². The van der Waals surface area contributed by atoms with Gasteiger partial charge in [-0.15, -0.1) is 5.10 Å². The second kappa shape index (κ2) is 8.15. The van der Waals surface area contributed by atoms with Gasteiger partial charge in [-0.25, -0.2) is 0 Å². The number of likely N-dealkylation sites (N-methyl/N-ethyl adjacent to an activating group) is 1. The van der Waals surface area contributed by atoms with Crippen LogP contribution in [0.25, 0.3) is 5.69 Å². The minimum Gasteiger partial charge on any atom is -0.332 e. The van der Waals surface area contributed by atoms with Gasteiger partial charge in [0.2, 0.25) is 5.91 Å². The number of para-hydroxylation sites is 1. The maximum absolute atomic E-state index is 12.8. The quantitative estimate of drug-likeness (QED) is 0.705. The number of amides is 2. The van der Waals surface area contributed by atoms with Crippen LogP contribution in [0.15, 0.2) is 48.8 Å². The summed E-state index contributed by atoms with van der Waals surface area (Å²) >= 11 is 11.8. The van der Waals surface area contributed by atoms with E-state index in [9.17, 15) is 9.59 Å². The molecule has 0 radical (unpaired) electrons. The third kappa shape index (κ3) is 4.42. The van der Waals surface area contributed by atoms with E-state index in [-0.39, 0.29) is 18.4 Å². The molecule has 0 aliphatic rings. The maximum Gasteiger partial charge on any atom is 0.256 e. The molecule has 0 bridgehead atoms. The topological polar surface area (TPSA) is 93.0 Å². The van der Waals surface area contributed by atoms with Crippen LogP contribution in [0.2, 0.25) is 10.0 Å². The highest BCUT2D eigenvalue weighted by Gasteiger charge is 2.19. The lowest BCUT2D eigenvalue weighted by Gasteiger charge is -2.18. The molecule has 0 fully saturated rings. The smallest absolute Gasteiger partial charge is 0.256 e. The molecule has 2 aromatic carbocycles. The zero-order valence-corrected chi connectivity index (χ0v) is 15.6. The summed E-state index contributed by atoms with van der Waals surface area (Å²) in [7, 11) is 1.53. The van der Waals surface area contributed by atoms with Gasteiger partial charge in [0.05, 0.1) is 27.8 Å². The van der Waals surface area contributed by atoms with Gasteiger partial charge in [-0.3, -0.25) is 9.59 Å². The Morgan fingerprint density at radius 3 is 2.63 bits per heavy atom. The van der Waals surface area contributed by atoms with Gasteiger partial charge in [-0.2, -0.15) is 4.68 Å². The highest BCUT2D eigenvalue weighted by molar-refractivity contribution is 6.42. The van der Waals surface area contributed by atoms with E-state index in [1.54, 1.807) is 36.4 Å². The van der Waals surface area contributed by atoms with Crippen LogP contribution in [0.4, 0.5) is 5.69 Å². The molecular formula is C17H14Cl2N6O2. The van der Waals surface area contributed by atoms with Gasteiger partial charge >= 0.3 is 0 Å². The Morgan fingerprint density at radius 2 is 1.93 bits per heavy atom. The van der Waals surface area contributed by atoms with Crippen molar-refractivity contribution in [1.29, 1.82) is 0 Å². The summed E-state index contributed by atoms with van der Waals surface area (Å²) in [4.78, 5) is 26.3. The molecule has 10 heteroatoms. The molecule has 3 aromatic rings. The molecule has 1 heterocycles. The summed E-state index contributed by atoms with van der Waals surface area (Å²) in [6, 6.07) is 11.6. The fourth-order valence-corrected chi connectivity index (χ4v) is 2.69. The number of rotatable bonds is 5. The second-order valence-corrected chi connectivity index (χ2v) is 6.42. The van der Waals surface area contributed by atoms with Gasteiger partial charge in [0.15, 0.2) is 0 Å².